The molecule has 4 aromatic rings. The summed E-state index contributed by atoms with van der Waals surface area (Å²) in [4.78, 5) is 23.2. The van der Waals surface area contributed by atoms with Crippen molar-refractivity contribution in [2.24, 2.45) is 7.05 Å². The Hall–Kier alpha value is -2.63. The first kappa shape index (κ1) is 26.0. The topological polar surface area (TPSA) is 83.4 Å². The summed E-state index contributed by atoms with van der Waals surface area (Å²) in [6, 6.07) is 6.18. The van der Waals surface area contributed by atoms with Crippen LogP contribution in [0.3, 0.4) is 0 Å². The van der Waals surface area contributed by atoms with Gasteiger partial charge in [-0.1, -0.05) is 17.8 Å². The third-order valence-electron chi connectivity index (χ3n) is 6.78. The molecule has 7 nitrogen and oxygen atoms in total. The molecule has 1 saturated heterocycles. The molecule has 0 radical (unpaired) electrons. The van der Waals surface area contributed by atoms with E-state index >= 15 is 0 Å². The van der Waals surface area contributed by atoms with Gasteiger partial charge in [0.1, 0.15) is 5.75 Å². The van der Waals surface area contributed by atoms with E-state index in [0.717, 1.165) is 37.1 Å². The lowest BCUT2D eigenvalue weighted by molar-refractivity contribution is 0.0527. The third-order valence-corrected chi connectivity index (χ3v) is 8.27. The molecule has 1 aliphatic heterocycles. The minimum atomic E-state index is -2.56. The predicted molar refractivity (Wildman–Crippen MR) is 143 cm³/mol. The SMILES string of the molecule is CCOC(=O)c1c(CSc2nc3cc(C(F)F)ccc3[nH]2)n(C)c2cc(Br)c(O)c(CN3CCCC3)c12. The number of aromatic amines is 1. The molecule has 1 aliphatic rings. The van der Waals surface area contributed by atoms with Gasteiger partial charge in [-0.2, -0.15) is 0 Å². The number of esters is 1. The molecule has 0 amide bonds. The molecule has 2 N–H and O–H groups in total. The molecule has 0 saturated carbocycles. The number of phenolic OH excluding ortho intramolecular Hbond substituents is 1. The number of nitrogens with zero attached hydrogens (tertiary/aromatic N) is 3. The number of H-pyrrole nitrogens is 1. The summed E-state index contributed by atoms with van der Waals surface area (Å²) in [6.07, 6.45) is -0.351. The number of fused-ring (bicyclic) bond motifs is 2. The first-order valence-corrected chi connectivity index (χ1v) is 13.9. The van der Waals surface area contributed by atoms with Gasteiger partial charge in [0.05, 0.1) is 33.2 Å². The van der Waals surface area contributed by atoms with Crippen molar-refractivity contribution in [1.82, 2.24) is 19.4 Å². The number of phenols is 1. The highest BCUT2D eigenvalue weighted by atomic mass is 79.9. The van der Waals surface area contributed by atoms with E-state index < -0.39 is 12.4 Å². The molecule has 0 unspecified atom stereocenters. The third kappa shape index (κ3) is 4.96. The van der Waals surface area contributed by atoms with Crippen LogP contribution < -0.4 is 0 Å². The molecule has 0 spiro atoms. The van der Waals surface area contributed by atoms with Gasteiger partial charge in [0.2, 0.25) is 0 Å². The van der Waals surface area contributed by atoms with E-state index in [1.54, 1.807) is 13.0 Å². The first-order valence-electron chi connectivity index (χ1n) is 12.1. The lowest BCUT2D eigenvalue weighted by Gasteiger charge is -2.18. The number of aromatic hydroxyl groups is 1. The maximum absolute atomic E-state index is 13.3. The van der Waals surface area contributed by atoms with Gasteiger partial charge in [-0.05, 0) is 67.0 Å². The Morgan fingerprint density at radius 2 is 2.05 bits per heavy atom. The summed E-state index contributed by atoms with van der Waals surface area (Å²) >= 11 is 4.86. The lowest BCUT2D eigenvalue weighted by atomic mass is 10.0. The number of alkyl halides is 2. The zero-order valence-electron chi connectivity index (χ0n) is 20.5. The highest BCUT2D eigenvalue weighted by molar-refractivity contribution is 9.10. The highest BCUT2D eigenvalue weighted by Crippen LogP contribution is 2.41. The number of ether oxygens (including phenoxy) is 1. The number of hydrogen-bond acceptors (Lipinski definition) is 6. The fraction of sp³-hybridized carbons (Fsp3) is 0.385. The Morgan fingerprint density at radius 3 is 2.76 bits per heavy atom. The van der Waals surface area contributed by atoms with Crippen LogP contribution in [0.25, 0.3) is 21.9 Å². The molecule has 5 rings (SSSR count). The fourth-order valence-corrected chi connectivity index (χ4v) is 6.34. The molecule has 196 valence electrons. The Kier molecular flexibility index (Phi) is 7.46. The number of halogens is 3. The second-order valence-corrected chi connectivity index (χ2v) is 10.9. The second-order valence-electron chi connectivity index (χ2n) is 9.07. The van der Waals surface area contributed by atoms with Gasteiger partial charge in [0.15, 0.2) is 5.16 Å². The molecule has 2 aromatic heterocycles. The molecule has 11 heteroatoms. The van der Waals surface area contributed by atoms with Gasteiger partial charge in [-0.25, -0.2) is 18.6 Å². The predicted octanol–water partition coefficient (Wildman–Crippen LogP) is 6.53. The number of aromatic nitrogens is 3. The van der Waals surface area contributed by atoms with Crippen molar-refractivity contribution in [2.45, 2.75) is 43.6 Å². The summed E-state index contributed by atoms with van der Waals surface area (Å²) in [7, 11) is 1.89. The van der Waals surface area contributed by atoms with Crippen molar-refractivity contribution in [1.29, 1.82) is 0 Å². The minimum absolute atomic E-state index is 0.0789. The van der Waals surface area contributed by atoms with Gasteiger partial charge in [0, 0.05) is 41.6 Å². The van der Waals surface area contributed by atoms with Crippen LogP contribution in [-0.2, 0) is 24.1 Å². The van der Waals surface area contributed by atoms with Gasteiger partial charge in [0.25, 0.3) is 6.43 Å². The maximum Gasteiger partial charge on any atom is 0.340 e. The van der Waals surface area contributed by atoms with Crippen molar-refractivity contribution < 1.29 is 23.4 Å². The van der Waals surface area contributed by atoms with Crippen LogP contribution >= 0.6 is 27.7 Å². The fourth-order valence-electron chi connectivity index (χ4n) is 4.93. The number of carbonyl (C=O) groups is 1. The molecule has 0 atom stereocenters. The zero-order valence-corrected chi connectivity index (χ0v) is 22.9. The van der Waals surface area contributed by atoms with E-state index in [4.69, 9.17) is 4.74 Å². The number of carbonyl (C=O) groups excluding carboxylic acids is 1. The van der Waals surface area contributed by atoms with Crippen LogP contribution in [0.5, 0.6) is 5.75 Å². The van der Waals surface area contributed by atoms with Crippen molar-refractivity contribution in [2.75, 3.05) is 19.7 Å². The molecular weight excluding hydrogens is 566 g/mol. The average Bonchev–Trinajstić information content (AvgIpc) is 3.58. The van der Waals surface area contributed by atoms with Gasteiger partial charge in [-0.3, -0.25) is 4.90 Å². The largest absolute Gasteiger partial charge is 0.506 e. The Morgan fingerprint density at radius 1 is 1.30 bits per heavy atom. The molecule has 3 heterocycles. The van der Waals surface area contributed by atoms with E-state index in [2.05, 4.69) is 30.8 Å². The van der Waals surface area contributed by atoms with E-state index in [0.29, 0.717) is 49.5 Å². The van der Waals surface area contributed by atoms with Crippen LogP contribution in [0.2, 0.25) is 0 Å². The summed E-state index contributed by atoms with van der Waals surface area (Å²) < 4.78 is 34.2. The first-order chi connectivity index (χ1) is 17.8. The highest BCUT2D eigenvalue weighted by Gasteiger charge is 2.28. The standard InChI is InChI=1S/C26H27BrF2N4O3S/c1-3-36-25(35)22-20(13-37-26-30-17-7-6-14(24(28)29)10-18(17)31-26)32(2)19-11-16(27)23(34)15(21(19)22)12-33-8-4-5-9-33/h6-7,10-11,24,34H,3-5,8-9,12-13H2,1-2H3,(H,30,31). The number of benzene rings is 2. The van der Waals surface area contributed by atoms with Crippen molar-refractivity contribution >= 4 is 55.6 Å². The van der Waals surface area contributed by atoms with Crippen molar-refractivity contribution in [3.8, 4) is 5.75 Å². The van der Waals surface area contributed by atoms with Crippen LogP contribution in [-0.4, -0.2) is 50.2 Å². The van der Waals surface area contributed by atoms with Crippen LogP contribution in [0, 0.1) is 0 Å². The normalized spacial score (nSPS) is 14.4. The number of hydrogen-bond donors (Lipinski definition) is 2. The number of aryl methyl sites for hydroxylation is 1. The van der Waals surface area contributed by atoms with Crippen LogP contribution in [0.1, 0.15) is 53.4 Å². The Bertz CT molecular complexity index is 1480. The van der Waals surface area contributed by atoms with Crippen LogP contribution in [0.4, 0.5) is 8.78 Å². The number of imidazole rings is 1. The van der Waals surface area contributed by atoms with Crippen molar-refractivity contribution in [3.05, 3.63) is 51.1 Å². The molecule has 1 fully saturated rings. The van der Waals surface area contributed by atoms with E-state index in [-0.39, 0.29) is 17.9 Å². The van der Waals surface area contributed by atoms with Gasteiger partial charge < -0.3 is 19.4 Å². The summed E-state index contributed by atoms with van der Waals surface area (Å²) in [6.45, 7) is 4.40. The number of rotatable bonds is 8. The lowest BCUT2D eigenvalue weighted by Crippen LogP contribution is -2.19. The van der Waals surface area contributed by atoms with Gasteiger partial charge >= 0.3 is 5.97 Å². The smallest absolute Gasteiger partial charge is 0.340 e. The average molecular weight is 593 g/mol. The number of thioether (sulfide) groups is 1. The van der Waals surface area contributed by atoms with E-state index in [1.807, 2.05) is 17.7 Å². The summed E-state index contributed by atoms with van der Waals surface area (Å²) in [5.74, 6) is 0.0590. The molecule has 0 aliphatic carbocycles. The minimum Gasteiger partial charge on any atom is -0.506 e. The Labute approximate surface area is 225 Å². The molecule has 2 aromatic carbocycles. The van der Waals surface area contributed by atoms with Crippen molar-refractivity contribution in [3.63, 3.8) is 0 Å². The quantitative estimate of drug-likeness (QED) is 0.179. The maximum atomic E-state index is 13.3. The van der Waals surface area contributed by atoms with E-state index in [9.17, 15) is 18.7 Å². The molecule has 0 bridgehead atoms. The second kappa shape index (κ2) is 10.6. The number of nitrogens with one attached hydrogen (secondary N) is 1. The van der Waals surface area contributed by atoms with Gasteiger partial charge in [-0.15, -0.1) is 0 Å². The Balaban J connectivity index is 1.57. The van der Waals surface area contributed by atoms with Crippen LogP contribution in [0.15, 0.2) is 33.9 Å². The summed E-state index contributed by atoms with van der Waals surface area (Å²) in [5.41, 5.74) is 3.71. The molecule has 37 heavy (non-hydrogen) atoms. The van der Waals surface area contributed by atoms with E-state index in [1.165, 1.54) is 23.9 Å². The summed E-state index contributed by atoms with van der Waals surface area (Å²) in [5, 5.41) is 12.3. The molecular formula is C26H27BrF2N4O3S. The number of likely N-dealkylation sites (tertiary alicyclic amines) is 1. The monoisotopic (exact) mass is 592 g/mol. The zero-order chi connectivity index (χ0) is 26.3.